The Bertz CT molecular complexity index is 371. The lowest BCUT2D eigenvalue weighted by molar-refractivity contribution is 0.497. The van der Waals surface area contributed by atoms with Gasteiger partial charge in [-0.3, -0.25) is 0 Å². The molecule has 1 fully saturated rings. The van der Waals surface area contributed by atoms with Gasteiger partial charge in [0.1, 0.15) is 0 Å². The lowest BCUT2D eigenvalue weighted by Gasteiger charge is -2.13. The molecule has 1 aliphatic rings. The molecular weight excluding hydrogens is 230 g/mol. The van der Waals surface area contributed by atoms with Crippen LogP contribution in [0.5, 0.6) is 0 Å². The fourth-order valence-electron chi connectivity index (χ4n) is 2.12. The largest absolute Gasteiger partial charge is 0.314 e. The number of hydrogen-bond donors (Lipinski definition) is 1. The number of rotatable bonds is 6. The van der Waals surface area contributed by atoms with E-state index < -0.39 is 0 Å². The first-order valence-corrected chi connectivity index (χ1v) is 7.01. The van der Waals surface area contributed by atoms with Crippen LogP contribution in [0.25, 0.3) is 0 Å². The number of halogens is 1. The van der Waals surface area contributed by atoms with Crippen LogP contribution in [-0.4, -0.2) is 12.6 Å². The van der Waals surface area contributed by atoms with Gasteiger partial charge in [-0.2, -0.15) is 0 Å². The Morgan fingerprint density at radius 2 is 2.18 bits per heavy atom. The zero-order valence-electron chi connectivity index (χ0n) is 10.8. The highest BCUT2D eigenvalue weighted by atomic mass is 35.5. The minimum Gasteiger partial charge on any atom is -0.314 e. The Morgan fingerprint density at radius 1 is 1.41 bits per heavy atom. The Labute approximate surface area is 110 Å². The van der Waals surface area contributed by atoms with Gasteiger partial charge in [0.2, 0.25) is 0 Å². The molecule has 0 aliphatic heterocycles. The topological polar surface area (TPSA) is 12.0 Å². The van der Waals surface area contributed by atoms with Crippen LogP contribution in [0.3, 0.4) is 0 Å². The molecule has 17 heavy (non-hydrogen) atoms. The van der Waals surface area contributed by atoms with Gasteiger partial charge in [0.25, 0.3) is 0 Å². The van der Waals surface area contributed by atoms with Crippen molar-refractivity contribution in [3.05, 3.63) is 34.3 Å². The van der Waals surface area contributed by atoms with Crippen molar-refractivity contribution in [1.82, 2.24) is 5.32 Å². The molecule has 1 atom stereocenters. The maximum atomic E-state index is 6.25. The summed E-state index contributed by atoms with van der Waals surface area (Å²) in [6, 6.07) is 7.20. The predicted octanol–water partition coefficient (Wildman–Crippen LogP) is 3.97. The number of benzene rings is 1. The molecule has 2 rings (SSSR count). The van der Waals surface area contributed by atoms with E-state index in [9.17, 15) is 0 Å². The normalized spacial score (nSPS) is 17.1. The third-order valence-electron chi connectivity index (χ3n) is 3.42. The van der Waals surface area contributed by atoms with Crippen LogP contribution in [0.2, 0.25) is 5.02 Å². The van der Waals surface area contributed by atoms with Crippen molar-refractivity contribution >= 4 is 11.6 Å². The van der Waals surface area contributed by atoms with Gasteiger partial charge < -0.3 is 5.32 Å². The zero-order chi connectivity index (χ0) is 12.3. The zero-order valence-corrected chi connectivity index (χ0v) is 11.6. The van der Waals surface area contributed by atoms with Gasteiger partial charge in [-0.1, -0.05) is 30.7 Å². The van der Waals surface area contributed by atoms with E-state index in [1.807, 2.05) is 0 Å². The van der Waals surface area contributed by atoms with Crippen molar-refractivity contribution in [2.75, 3.05) is 6.54 Å². The van der Waals surface area contributed by atoms with E-state index in [0.29, 0.717) is 5.92 Å². The minimum atomic E-state index is 0.696. The molecule has 1 nitrogen and oxygen atoms in total. The molecule has 1 aromatic rings. The molecule has 0 amide bonds. The van der Waals surface area contributed by atoms with E-state index in [1.165, 1.54) is 30.4 Å². The summed E-state index contributed by atoms with van der Waals surface area (Å²) in [5.74, 6) is 0.696. The molecular formula is C15H22ClN. The summed E-state index contributed by atoms with van der Waals surface area (Å²) in [5.41, 5.74) is 2.53. The lowest BCUT2D eigenvalue weighted by Crippen LogP contribution is -2.20. The summed E-state index contributed by atoms with van der Waals surface area (Å²) < 4.78 is 0. The molecule has 0 spiro atoms. The Balaban J connectivity index is 1.77. The monoisotopic (exact) mass is 251 g/mol. The second-order valence-electron chi connectivity index (χ2n) is 5.42. The average Bonchev–Trinajstić information content (AvgIpc) is 3.06. The first-order chi connectivity index (χ1) is 8.15. The third-order valence-corrected chi connectivity index (χ3v) is 3.78. The summed E-state index contributed by atoms with van der Waals surface area (Å²) in [6.45, 7) is 5.54. The molecule has 1 unspecified atom stereocenters. The van der Waals surface area contributed by atoms with E-state index in [-0.39, 0.29) is 0 Å². The SMILES string of the molecule is Cc1ccc(CC(C)CCNC2CC2)c(Cl)c1. The van der Waals surface area contributed by atoms with Gasteiger partial charge in [-0.25, -0.2) is 0 Å². The molecule has 0 aromatic heterocycles. The smallest absolute Gasteiger partial charge is 0.0440 e. The van der Waals surface area contributed by atoms with Crippen molar-refractivity contribution in [2.24, 2.45) is 5.92 Å². The highest BCUT2D eigenvalue weighted by molar-refractivity contribution is 6.31. The summed E-state index contributed by atoms with van der Waals surface area (Å²) in [7, 11) is 0. The molecule has 0 radical (unpaired) electrons. The van der Waals surface area contributed by atoms with E-state index in [1.54, 1.807) is 0 Å². The Kier molecular flexibility index (Phi) is 4.47. The third kappa shape index (κ3) is 4.33. The molecule has 0 saturated heterocycles. The molecule has 2 heteroatoms. The van der Waals surface area contributed by atoms with Crippen LogP contribution in [0.4, 0.5) is 0 Å². The van der Waals surface area contributed by atoms with E-state index >= 15 is 0 Å². The van der Waals surface area contributed by atoms with E-state index in [4.69, 9.17) is 11.6 Å². The summed E-state index contributed by atoms with van der Waals surface area (Å²) in [6.07, 6.45) is 5.07. The second kappa shape index (κ2) is 5.88. The van der Waals surface area contributed by atoms with E-state index in [0.717, 1.165) is 24.0 Å². The molecule has 1 saturated carbocycles. The molecule has 94 valence electrons. The molecule has 1 aliphatic carbocycles. The quantitative estimate of drug-likeness (QED) is 0.807. The fourth-order valence-corrected chi connectivity index (χ4v) is 2.43. The van der Waals surface area contributed by atoms with Gasteiger partial charge in [-0.05, 0) is 62.3 Å². The first kappa shape index (κ1) is 12.9. The van der Waals surface area contributed by atoms with Crippen LogP contribution >= 0.6 is 11.6 Å². The molecule has 0 heterocycles. The van der Waals surface area contributed by atoms with Crippen LogP contribution in [-0.2, 0) is 6.42 Å². The number of hydrogen-bond acceptors (Lipinski definition) is 1. The van der Waals surface area contributed by atoms with Crippen LogP contribution in [0.1, 0.15) is 37.3 Å². The van der Waals surface area contributed by atoms with Crippen molar-refractivity contribution < 1.29 is 0 Å². The van der Waals surface area contributed by atoms with Crippen molar-refractivity contribution in [1.29, 1.82) is 0 Å². The van der Waals surface area contributed by atoms with E-state index in [2.05, 4.69) is 37.4 Å². The lowest BCUT2D eigenvalue weighted by atomic mass is 9.97. The van der Waals surface area contributed by atoms with Gasteiger partial charge in [0, 0.05) is 11.1 Å². The Morgan fingerprint density at radius 3 is 2.82 bits per heavy atom. The van der Waals surface area contributed by atoms with Crippen LogP contribution in [0, 0.1) is 12.8 Å². The Hall–Kier alpha value is -0.530. The number of nitrogens with one attached hydrogen (secondary N) is 1. The van der Waals surface area contributed by atoms with Gasteiger partial charge in [-0.15, -0.1) is 0 Å². The highest BCUT2D eigenvalue weighted by Gasteiger charge is 2.20. The minimum absolute atomic E-state index is 0.696. The average molecular weight is 252 g/mol. The van der Waals surface area contributed by atoms with Crippen molar-refractivity contribution in [2.45, 2.75) is 45.6 Å². The standard InChI is InChI=1S/C15H22ClN/c1-11-3-4-13(15(16)10-11)9-12(2)7-8-17-14-5-6-14/h3-4,10,12,14,17H,5-9H2,1-2H3. The summed E-state index contributed by atoms with van der Waals surface area (Å²) in [4.78, 5) is 0. The van der Waals surface area contributed by atoms with Crippen molar-refractivity contribution in [3.8, 4) is 0 Å². The fraction of sp³-hybridized carbons (Fsp3) is 0.600. The van der Waals surface area contributed by atoms with Gasteiger partial charge >= 0.3 is 0 Å². The van der Waals surface area contributed by atoms with Crippen LogP contribution in [0.15, 0.2) is 18.2 Å². The maximum Gasteiger partial charge on any atom is 0.0440 e. The summed E-state index contributed by atoms with van der Waals surface area (Å²) >= 11 is 6.25. The van der Waals surface area contributed by atoms with Crippen molar-refractivity contribution in [3.63, 3.8) is 0 Å². The van der Waals surface area contributed by atoms with Gasteiger partial charge in [0.15, 0.2) is 0 Å². The molecule has 1 N–H and O–H groups in total. The predicted molar refractivity (Wildman–Crippen MR) is 74.7 cm³/mol. The number of aryl methyl sites for hydroxylation is 1. The first-order valence-electron chi connectivity index (χ1n) is 6.63. The van der Waals surface area contributed by atoms with Gasteiger partial charge in [0.05, 0.1) is 0 Å². The van der Waals surface area contributed by atoms with Crippen LogP contribution < -0.4 is 5.32 Å². The summed E-state index contributed by atoms with van der Waals surface area (Å²) in [5, 5.41) is 4.49. The second-order valence-corrected chi connectivity index (χ2v) is 5.83. The molecule has 1 aromatic carbocycles. The maximum absolute atomic E-state index is 6.25. The highest BCUT2D eigenvalue weighted by Crippen LogP contribution is 2.22. The molecule has 0 bridgehead atoms.